The molecule has 9 aromatic rings. The van der Waals surface area contributed by atoms with E-state index < -0.39 is 0 Å². The molecule has 0 radical (unpaired) electrons. The lowest BCUT2D eigenvalue weighted by atomic mass is 9.82. The van der Waals surface area contributed by atoms with Crippen LogP contribution in [-0.4, -0.2) is 9.55 Å². The second kappa shape index (κ2) is 11.4. The smallest absolute Gasteiger partial charge is 0.0991 e. The van der Waals surface area contributed by atoms with Crippen LogP contribution in [0.5, 0.6) is 0 Å². The Morgan fingerprint density at radius 2 is 1.21 bits per heavy atom. The minimum absolute atomic E-state index is 0.124. The SMILES string of the molecule is CC1(C)c2ccccc2-c2cc3c4ccccc4n(-c4cc(-c5ccc(C#N)cc5)cc(-c5cc(-c6ccccc6)nc6ccccc56)c4)c3cc21. The minimum atomic E-state index is -0.124. The Balaban J connectivity index is 1.29. The highest BCUT2D eigenvalue weighted by Gasteiger charge is 2.36. The molecule has 0 amide bonds. The van der Waals surface area contributed by atoms with E-state index in [0.717, 1.165) is 50.1 Å². The lowest BCUT2D eigenvalue weighted by Gasteiger charge is -2.22. The number of hydrogen-bond donors (Lipinski definition) is 0. The average Bonchev–Trinajstić information content (AvgIpc) is 3.64. The van der Waals surface area contributed by atoms with E-state index in [1.165, 1.54) is 44.1 Å². The number of nitriles is 1. The van der Waals surface area contributed by atoms with Gasteiger partial charge in [-0.15, -0.1) is 0 Å². The third kappa shape index (κ3) is 4.55. The summed E-state index contributed by atoms with van der Waals surface area (Å²) in [6.07, 6.45) is 0. The van der Waals surface area contributed by atoms with Crippen molar-refractivity contribution < 1.29 is 0 Å². The minimum Gasteiger partial charge on any atom is -0.309 e. The molecular formula is C49H33N3. The van der Waals surface area contributed by atoms with Gasteiger partial charge in [0.2, 0.25) is 0 Å². The summed E-state index contributed by atoms with van der Waals surface area (Å²) in [5.41, 5.74) is 16.7. The second-order valence-corrected chi connectivity index (χ2v) is 14.3. The number of hydrogen-bond acceptors (Lipinski definition) is 2. The number of pyridine rings is 1. The molecule has 0 saturated heterocycles. The van der Waals surface area contributed by atoms with E-state index in [0.29, 0.717) is 5.56 Å². The highest BCUT2D eigenvalue weighted by Crippen LogP contribution is 2.51. The normalized spacial score (nSPS) is 12.9. The van der Waals surface area contributed by atoms with Gasteiger partial charge in [0, 0.05) is 32.8 Å². The van der Waals surface area contributed by atoms with Crippen molar-refractivity contribution in [3.8, 4) is 56.4 Å². The van der Waals surface area contributed by atoms with Gasteiger partial charge in [0.1, 0.15) is 0 Å². The fourth-order valence-corrected chi connectivity index (χ4v) is 8.41. The predicted molar refractivity (Wildman–Crippen MR) is 215 cm³/mol. The summed E-state index contributed by atoms with van der Waals surface area (Å²) in [5.74, 6) is 0. The first-order chi connectivity index (χ1) is 25.5. The van der Waals surface area contributed by atoms with Gasteiger partial charge >= 0.3 is 0 Å². The Morgan fingerprint density at radius 3 is 2.04 bits per heavy atom. The van der Waals surface area contributed by atoms with Gasteiger partial charge in [-0.05, 0) is 105 Å². The second-order valence-electron chi connectivity index (χ2n) is 14.3. The Kier molecular flexibility index (Phi) is 6.59. The van der Waals surface area contributed by atoms with Crippen LogP contribution in [0.1, 0.15) is 30.5 Å². The van der Waals surface area contributed by atoms with Crippen molar-refractivity contribution in [2.45, 2.75) is 19.3 Å². The van der Waals surface area contributed by atoms with Gasteiger partial charge < -0.3 is 4.57 Å². The number of nitrogens with zero attached hydrogens (tertiary/aromatic N) is 3. The van der Waals surface area contributed by atoms with Crippen molar-refractivity contribution in [1.29, 1.82) is 5.26 Å². The van der Waals surface area contributed by atoms with Gasteiger partial charge in [-0.3, -0.25) is 0 Å². The largest absolute Gasteiger partial charge is 0.309 e. The van der Waals surface area contributed by atoms with E-state index in [1.807, 2.05) is 18.2 Å². The molecule has 7 aromatic carbocycles. The molecule has 0 saturated carbocycles. The van der Waals surface area contributed by atoms with Crippen molar-refractivity contribution in [2.24, 2.45) is 0 Å². The first kappa shape index (κ1) is 30.1. The van der Waals surface area contributed by atoms with Crippen LogP contribution in [0.3, 0.4) is 0 Å². The van der Waals surface area contributed by atoms with Crippen LogP contribution in [0, 0.1) is 11.3 Å². The van der Waals surface area contributed by atoms with Gasteiger partial charge in [-0.25, -0.2) is 4.98 Å². The first-order valence-corrected chi connectivity index (χ1v) is 17.8. The van der Waals surface area contributed by atoms with Gasteiger partial charge in [0.25, 0.3) is 0 Å². The summed E-state index contributed by atoms with van der Waals surface area (Å²) < 4.78 is 2.45. The first-order valence-electron chi connectivity index (χ1n) is 17.8. The van der Waals surface area contributed by atoms with Gasteiger partial charge in [0.15, 0.2) is 0 Å². The van der Waals surface area contributed by atoms with Crippen LogP contribution in [0.2, 0.25) is 0 Å². The van der Waals surface area contributed by atoms with Crippen LogP contribution in [0.15, 0.2) is 164 Å². The van der Waals surface area contributed by atoms with E-state index in [4.69, 9.17) is 4.98 Å². The van der Waals surface area contributed by atoms with E-state index in [1.54, 1.807) is 0 Å². The summed E-state index contributed by atoms with van der Waals surface area (Å²) in [4.78, 5) is 5.11. The maximum Gasteiger partial charge on any atom is 0.0991 e. The predicted octanol–water partition coefficient (Wildman–Crippen LogP) is 12.5. The standard InChI is InChI=1S/C49H33N3/c1-49(2)43-17-9-6-14-37(43)41-27-42-39-16-8-11-19-47(39)52(48(42)29-44(41)49)36-25-34(32-22-20-31(30-50)21-23-32)24-35(26-36)40-28-46(33-12-4-3-5-13-33)51-45-18-10-7-15-38(40)45/h3-29H,1-2H3. The van der Waals surface area contributed by atoms with Crippen molar-refractivity contribution in [3.63, 3.8) is 0 Å². The summed E-state index contributed by atoms with van der Waals surface area (Å²) in [7, 11) is 0. The lowest BCUT2D eigenvalue weighted by molar-refractivity contribution is 0.661. The zero-order chi connectivity index (χ0) is 35.0. The molecule has 2 heterocycles. The van der Waals surface area contributed by atoms with Gasteiger partial charge in [-0.1, -0.05) is 117 Å². The number of para-hydroxylation sites is 2. The zero-order valence-electron chi connectivity index (χ0n) is 28.9. The molecule has 1 aliphatic rings. The van der Waals surface area contributed by atoms with Crippen LogP contribution >= 0.6 is 0 Å². The fraction of sp³-hybridized carbons (Fsp3) is 0.0612. The molecule has 52 heavy (non-hydrogen) atoms. The van der Waals surface area contributed by atoms with Crippen molar-refractivity contribution in [1.82, 2.24) is 9.55 Å². The lowest BCUT2D eigenvalue weighted by Crippen LogP contribution is -2.15. The molecule has 244 valence electrons. The number of fused-ring (bicyclic) bond motifs is 7. The van der Waals surface area contributed by atoms with Crippen LogP contribution in [-0.2, 0) is 5.41 Å². The average molecular weight is 664 g/mol. The van der Waals surface area contributed by atoms with Gasteiger partial charge in [0.05, 0.1) is 33.9 Å². The molecule has 0 aliphatic heterocycles. The van der Waals surface area contributed by atoms with Gasteiger partial charge in [-0.2, -0.15) is 5.26 Å². The molecule has 2 aromatic heterocycles. The molecular weight excluding hydrogens is 631 g/mol. The molecule has 3 heteroatoms. The molecule has 1 aliphatic carbocycles. The molecule has 3 nitrogen and oxygen atoms in total. The van der Waals surface area contributed by atoms with E-state index in [-0.39, 0.29) is 5.41 Å². The number of benzene rings is 7. The molecule has 0 unspecified atom stereocenters. The summed E-state index contributed by atoms with van der Waals surface area (Å²) in [6, 6.07) is 60.7. The van der Waals surface area contributed by atoms with Crippen LogP contribution in [0.4, 0.5) is 0 Å². The monoisotopic (exact) mass is 663 g/mol. The third-order valence-corrected chi connectivity index (χ3v) is 11.0. The number of rotatable bonds is 4. The van der Waals surface area contributed by atoms with Crippen LogP contribution < -0.4 is 0 Å². The van der Waals surface area contributed by atoms with E-state index >= 15 is 0 Å². The Labute approximate surface area is 302 Å². The van der Waals surface area contributed by atoms with Crippen molar-refractivity contribution in [3.05, 3.63) is 180 Å². The Bertz CT molecular complexity index is 2920. The van der Waals surface area contributed by atoms with E-state index in [9.17, 15) is 5.26 Å². The maximum atomic E-state index is 9.58. The molecule has 0 bridgehead atoms. The molecule has 10 rings (SSSR count). The molecule has 0 fully saturated rings. The molecule has 0 atom stereocenters. The molecule has 0 spiro atoms. The topological polar surface area (TPSA) is 41.6 Å². The van der Waals surface area contributed by atoms with E-state index in [2.05, 4.69) is 170 Å². The Hall–Kier alpha value is -6.76. The number of aromatic nitrogens is 2. The summed E-state index contributed by atoms with van der Waals surface area (Å²) >= 11 is 0. The Morgan fingerprint density at radius 1 is 0.500 bits per heavy atom. The van der Waals surface area contributed by atoms with Crippen molar-refractivity contribution >= 4 is 32.7 Å². The fourth-order valence-electron chi connectivity index (χ4n) is 8.41. The quantitative estimate of drug-likeness (QED) is 0.188. The highest BCUT2D eigenvalue weighted by molar-refractivity contribution is 6.12. The molecule has 0 N–H and O–H groups in total. The van der Waals surface area contributed by atoms with Crippen LogP contribution in [0.25, 0.3) is 83.0 Å². The summed E-state index contributed by atoms with van der Waals surface area (Å²) in [5, 5.41) is 13.2. The maximum absolute atomic E-state index is 9.58. The third-order valence-electron chi connectivity index (χ3n) is 11.0. The highest BCUT2D eigenvalue weighted by atomic mass is 15.0. The zero-order valence-corrected chi connectivity index (χ0v) is 28.9. The summed E-state index contributed by atoms with van der Waals surface area (Å²) in [6.45, 7) is 4.69. The van der Waals surface area contributed by atoms with Crippen molar-refractivity contribution in [2.75, 3.05) is 0 Å².